The average molecular weight is 296 g/mol. The van der Waals surface area contributed by atoms with Crippen molar-refractivity contribution in [1.82, 2.24) is 0 Å². The van der Waals surface area contributed by atoms with Gasteiger partial charge >= 0.3 is 5.97 Å². The zero-order valence-corrected chi connectivity index (χ0v) is 9.00. The van der Waals surface area contributed by atoms with Crippen molar-refractivity contribution in [3.05, 3.63) is 33.4 Å². The summed E-state index contributed by atoms with van der Waals surface area (Å²) in [5, 5.41) is 0. The second-order valence-corrected chi connectivity index (χ2v) is 3.51. The van der Waals surface area contributed by atoms with Crippen LogP contribution in [0, 0.1) is 3.57 Å². The van der Waals surface area contributed by atoms with Crippen molar-refractivity contribution in [3.8, 4) is 0 Å². The van der Waals surface area contributed by atoms with Gasteiger partial charge in [-0.15, -0.1) is 0 Å². The van der Waals surface area contributed by atoms with Gasteiger partial charge in [0.15, 0.2) is 6.07 Å². The molecule has 0 saturated heterocycles. The van der Waals surface area contributed by atoms with Gasteiger partial charge in [-0.2, -0.15) is 0 Å². The molecule has 64 valence electrons. The second kappa shape index (κ2) is 4.67. The van der Waals surface area contributed by atoms with Crippen molar-refractivity contribution in [2.24, 2.45) is 0 Å². The summed E-state index contributed by atoms with van der Waals surface area (Å²) in [4.78, 5) is 11.0. The molecule has 0 aliphatic heterocycles. The number of hydrogen-bond acceptors (Lipinski definition) is 2. The third-order valence-electron chi connectivity index (χ3n) is 1.27. The molecule has 0 bridgehead atoms. The van der Waals surface area contributed by atoms with Gasteiger partial charge in [-0.05, 0) is 46.9 Å². The Balaban J connectivity index is 2.75. The van der Waals surface area contributed by atoms with Gasteiger partial charge in [0.2, 0.25) is 0 Å². The monoisotopic (exact) mass is 296 g/mol. The first kappa shape index (κ1) is 9.80. The molecule has 0 saturated carbocycles. The Morgan fingerprint density at radius 1 is 1.42 bits per heavy atom. The summed E-state index contributed by atoms with van der Waals surface area (Å²) in [6.45, 7) is 0. The van der Waals surface area contributed by atoms with Gasteiger partial charge in [0.25, 0.3) is 0 Å². The third kappa shape index (κ3) is 2.64. The molecule has 12 heavy (non-hydrogen) atoms. The third-order valence-corrected chi connectivity index (χ3v) is 2.09. The smallest absolute Gasteiger partial charge is 0.339 e. The largest absolute Gasteiger partial charge is 0.446 e. The van der Waals surface area contributed by atoms with Crippen LogP contribution in [0.25, 0.3) is 0 Å². The van der Waals surface area contributed by atoms with Crippen LogP contribution in [-0.2, 0) is 4.74 Å². The summed E-state index contributed by atoms with van der Waals surface area (Å²) >= 11 is 7.40. The lowest BCUT2D eigenvalue weighted by molar-refractivity contribution is 0.0574. The minimum absolute atomic E-state index is 0.106. The molecule has 0 spiro atoms. The Labute approximate surface area is 89.0 Å². The van der Waals surface area contributed by atoms with E-state index in [1.807, 2.05) is 12.1 Å². The minimum Gasteiger partial charge on any atom is -0.446 e. The maximum absolute atomic E-state index is 11.0. The molecule has 1 rings (SSSR count). The molecular weight excluding hydrogens is 290 g/mol. The van der Waals surface area contributed by atoms with Gasteiger partial charge in [-0.25, -0.2) is 4.79 Å². The van der Waals surface area contributed by atoms with Crippen molar-refractivity contribution in [1.29, 1.82) is 0 Å². The van der Waals surface area contributed by atoms with Gasteiger partial charge < -0.3 is 4.74 Å². The van der Waals surface area contributed by atoms with E-state index >= 15 is 0 Å². The van der Waals surface area contributed by atoms with E-state index in [1.54, 1.807) is 12.1 Å². The Kier molecular flexibility index (Phi) is 3.81. The maximum Gasteiger partial charge on any atom is 0.339 e. The molecule has 0 heterocycles. The highest BCUT2D eigenvalue weighted by Crippen LogP contribution is 2.07. The molecular formula is C8H6ClIO2. The van der Waals surface area contributed by atoms with E-state index in [9.17, 15) is 4.79 Å². The number of alkyl halides is 1. The SMILES string of the molecule is O=C(OCCl)c1ccc(I)cc1. The second-order valence-electron chi connectivity index (χ2n) is 2.05. The van der Waals surface area contributed by atoms with Crippen LogP contribution in [0.1, 0.15) is 10.4 Å². The molecule has 0 radical (unpaired) electrons. The van der Waals surface area contributed by atoms with Gasteiger partial charge in [0, 0.05) is 3.57 Å². The van der Waals surface area contributed by atoms with E-state index in [0.717, 1.165) is 3.57 Å². The summed E-state index contributed by atoms with van der Waals surface area (Å²) in [6.07, 6.45) is 0. The fraction of sp³-hybridized carbons (Fsp3) is 0.125. The standard InChI is InChI=1S/C8H6ClIO2/c9-5-12-8(11)6-1-3-7(10)4-2-6/h1-4H,5H2. The van der Waals surface area contributed by atoms with Gasteiger partial charge in [0.05, 0.1) is 5.56 Å². The Morgan fingerprint density at radius 3 is 2.50 bits per heavy atom. The van der Waals surface area contributed by atoms with E-state index in [0.29, 0.717) is 5.56 Å². The molecule has 1 aromatic carbocycles. The number of carbonyl (C=O) groups excluding carboxylic acids is 1. The summed E-state index contributed by atoms with van der Waals surface area (Å²) in [6, 6.07) is 6.98. The minimum atomic E-state index is -0.388. The lowest BCUT2D eigenvalue weighted by Crippen LogP contribution is -2.02. The van der Waals surface area contributed by atoms with E-state index in [-0.39, 0.29) is 12.0 Å². The number of halogens is 2. The first-order valence-electron chi connectivity index (χ1n) is 3.22. The van der Waals surface area contributed by atoms with E-state index in [4.69, 9.17) is 11.6 Å². The maximum atomic E-state index is 11.0. The van der Waals surface area contributed by atoms with Crippen LogP contribution < -0.4 is 0 Å². The van der Waals surface area contributed by atoms with Crippen LogP contribution in [0.4, 0.5) is 0 Å². The predicted molar refractivity (Wildman–Crippen MR) is 55.3 cm³/mol. The molecule has 0 fully saturated rings. The molecule has 2 nitrogen and oxygen atoms in total. The topological polar surface area (TPSA) is 26.3 Å². The van der Waals surface area contributed by atoms with Crippen LogP contribution in [-0.4, -0.2) is 12.0 Å². The lowest BCUT2D eigenvalue weighted by atomic mass is 10.2. The van der Waals surface area contributed by atoms with Crippen LogP contribution in [0.5, 0.6) is 0 Å². The highest BCUT2D eigenvalue weighted by Gasteiger charge is 2.04. The van der Waals surface area contributed by atoms with Gasteiger partial charge in [-0.1, -0.05) is 11.6 Å². The number of hydrogen-bond donors (Lipinski definition) is 0. The highest BCUT2D eigenvalue weighted by molar-refractivity contribution is 14.1. The van der Waals surface area contributed by atoms with Crippen molar-refractivity contribution in [2.45, 2.75) is 0 Å². The van der Waals surface area contributed by atoms with Gasteiger partial charge in [-0.3, -0.25) is 0 Å². The summed E-state index contributed by atoms with van der Waals surface area (Å²) in [5.74, 6) is -0.388. The van der Waals surface area contributed by atoms with E-state index in [2.05, 4.69) is 27.3 Å². The number of ether oxygens (including phenoxy) is 1. The fourth-order valence-corrected chi connectivity index (χ4v) is 1.18. The van der Waals surface area contributed by atoms with Crippen molar-refractivity contribution in [2.75, 3.05) is 6.07 Å². The average Bonchev–Trinajstić information content (AvgIpc) is 2.06. The van der Waals surface area contributed by atoms with Crippen LogP contribution >= 0.6 is 34.2 Å². The lowest BCUT2D eigenvalue weighted by Gasteiger charge is -1.99. The molecule has 0 N–H and O–H groups in total. The molecule has 0 aliphatic rings. The molecule has 0 aromatic heterocycles. The van der Waals surface area contributed by atoms with Crippen LogP contribution in [0.15, 0.2) is 24.3 Å². The van der Waals surface area contributed by atoms with E-state index in [1.165, 1.54) is 0 Å². The first-order valence-corrected chi connectivity index (χ1v) is 4.84. The fourth-order valence-electron chi connectivity index (χ4n) is 0.719. The van der Waals surface area contributed by atoms with Crippen LogP contribution in [0.3, 0.4) is 0 Å². The quantitative estimate of drug-likeness (QED) is 0.476. The molecule has 0 unspecified atom stereocenters. The molecule has 1 aromatic rings. The zero-order valence-electron chi connectivity index (χ0n) is 6.09. The number of esters is 1. The first-order chi connectivity index (χ1) is 5.74. The highest BCUT2D eigenvalue weighted by atomic mass is 127. The number of benzene rings is 1. The normalized spacial score (nSPS) is 9.50. The summed E-state index contributed by atoms with van der Waals surface area (Å²) in [5.41, 5.74) is 0.524. The predicted octanol–water partition coefficient (Wildman–Crippen LogP) is 2.64. The molecule has 0 amide bonds. The van der Waals surface area contributed by atoms with E-state index < -0.39 is 0 Å². The summed E-state index contributed by atoms with van der Waals surface area (Å²) in [7, 11) is 0. The van der Waals surface area contributed by atoms with Crippen molar-refractivity contribution in [3.63, 3.8) is 0 Å². The summed E-state index contributed by atoms with van der Waals surface area (Å²) < 4.78 is 5.67. The Hall–Kier alpha value is -0.290. The molecule has 0 atom stereocenters. The van der Waals surface area contributed by atoms with Crippen molar-refractivity contribution >= 4 is 40.2 Å². The Morgan fingerprint density at radius 2 is 2.00 bits per heavy atom. The van der Waals surface area contributed by atoms with Gasteiger partial charge in [0.1, 0.15) is 0 Å². The molecule has 4 heteroatoms. The van der Waals surface area contributed by atoms with Crippen molar-refractivity contribution < 1.29 is 9.53 Å². The Bertz CT molecular complexity index is 271. The number of carbonyl (C=O) groups is 1. The van der Waals surface area contributed by atoms with Crippen LogP contribution in [0.2, 0.25) is 0 Å². The molecule has 0 aliphatic carbocycles. The number of rotatable bonds is 2. The zero-order chi connectivity index (χ0) is 8.97.